The van der Waals surface area contributed by atoms with Gasteiger partial charge in [0.05, 0.1) is 0 Å². The van der Waals surface area contributed by atoms with Gasteiger partial charge >= 0.3 is 0 Å². The molecule has 1 fully saturated rings. The van der Waals surface area contributed by atoms with Crippen LogP contribution >= 0.6 is 0 Å². The van der Waals surface area contributed by atoms with Crippen molar-refractivity contribution < 1.29 is 12.8 Å². The average Bonchev–Trinajstić information content (AvgIpc) is 2.77. The van der Waals surface area contributed by atoms with Crippen molar-refractivity contribution in [2.75, 3.05) is 12.3 Å². The molecule has 1 saturated carbocycles. The van der Waals surface area contributed by atoms with Crippen LogP contribution in [0.15, 0.2) is 17.0 Å². The number of benzene rings is 1. The van der Waals surface area contributed by atoms with E-state index in [1.54, 1.807) is 0 Å². The standard InChI is InChI=1S/C14H21FN2O2S/c1-9-3-4-11(5-9)8-17-20(18,19)13-7-12(16)6-10(2)14(13)15/h6-7,9,11,17H,3-5,8,16H2,1-2H3. The number of hydrogen-bond acceptors (Lipinski definition) is 3. The van der Waals surface area contributed by atoms with Crippen LogP contribution in [0.4, 0.5) is 10.1 Å². The van der Waals surface area contributed by atoms with Crippen LogP contribution in [0.5, 0.6) is 0 Å². The molecule has 0 bridgehead atoms. The summed E-state index contributed by atoms with van der Waals surface area (Å²) in [6, 6.07) is 2.59. The smallest absolute Gasteiger partial charge is 0.243 e. The average molecular weight is 300 g/mol. The highest BCUT2D eigenvalue weighted by atomic mass is 32.2. The van der Waals surface area contributed by atoms with Crippen molar-refractivity contribution >= 4 is 15.7 Å². The predicted octanol–water partition coefficient (Wildman–Crippen LogP) is 2.43. The molecule has 0 radical (unpaired) electrons. The van der Waals surface area contributed by atoms with E-state index in [-0.39, 0.29) is 16.1 Å². The van der Waals surface area contributed by atoms with Gasteiger partial charge in [0.2, 0.25) is 10.0 Å². The van der Waals surface area contributed by atoms with E-state index in [1.807, 2.05) is 0 Å². The van der Waals surface area contributed by atoms with Crippen LogP contribution in [0, 0.1) is 24.6 Å². The van der Waals surface area contributed by atoms with E-state index in [1.165, 1.54) is 19.1 Å². The van der Waals surface area contributed by atoms with Gasteiger partial charge in [-0.3, -0.25) is 0 Å². The van der Waals surface area contributed by atoms with Crippen molar-refractivity contribution in [2.24, 2.45) is 11.8 Å². The quantitative estimate of drug-likeness (QED) is 0.839. The molecule has 1 aliphatic rings. The SMILES string of the molecule is Cc1cc(N)cc(S(=O)(=O)NCC2CCC(C)C2)c1F. The number of rotatable bonds is 4. The summed E-state index contributed by atoms with van der Waals surface area (Å²) in [5.74, 6) is 0.243. The molecule has 2 atom stereocenters. The third-order valence-corrected chi connectivity index (χ3v) is 5.32. The van der Waals surface area contributed by atoms with Crippen LogP contribution < -0.4 is 10.5 Å². The maximum atomic E-state index is 14.0. The highest BCUT2D eigenvalue weighted by molar-refractivity contribution is 7.89. The summed E-state index contributed by atoms with van der Waals surface area (Å²) in [5.41, 5.74) is 6.09. The lowest BCUT2D eigenvalue weighted by atomic mass is 10.1. The van der Waals surface area contributed by atoms with Gasteiger partial charge in [0, 0.05) is 12.2 Å². The number of nitrogens with one attached hydrogen (secondary N) is 1. The van der Waals surface area contributed by atoms with Gasteiger partial charge in [0.1, 0.15) is 10.7 Å². The summed E-state index contributed by atoms with van der Waals surface area (Å²) in [6.07, 6.45) is 3.15. The number of hydrogen-bond donors (Lipinski definition) is 2. The minimum Gasteiger partial charge on any atom is -0.399 e. The molecule has 0 spiro atoms. The molecule has 1 aromatic carbocycles. The normalized spacial score (nSPS) is 23.1. The van der Waals surface area contributed by atoms with Crippen molar-refractivity contribution in [3.05, 3.63) is 23.5 Å². The predicted molar refractivity (Wildman–Crippen MR) is 77.2 cm³/mol. The summed E-state index contributed by atoms with van der Waals surface area (Å²) in [4.78, 5) is -0.360. The highest BCUT2D eigenvalue weighted by Gasteiger charge is 2.25. The maximum absolute atomic E-state index is 14.0. The Morgan fingerprint density at radius 1 is 1.40 bits per heavy atom. The molecule has 0 aromatic heterocycles. The monoisotopic (exact) mass is 300 g/mol. The van der Waals surface area contributed by atoms with Gasteiger partial charge in [0.15, 0.2) is 0 Å². The number of nitrogens with two attached hydrogens (primary N) is 1. The van der Waals surface area contributed by atoms with Gasteiger partial charge < -0.3 is 5.73 Å². The third kappa shape index (κ3) is 3.30. The zero-order valence-corrected chi connectivity index (χ0v) is 12.6. The summed E-state index contributed by atoms with van der Waals surface area (Å²) in [6.45, 7) is 4.03. The fraction of sp³-hybridized carbons (Fsp3) is 0.571. The topological polar surface area (TPSA) is 72.2 Å². The maximum Gasteiger partial charge on any atom is 0.243 e. The number of anilines is 1. The van der Waals surface area contributed by atoms with Crippen molar-refractivity contribution in [1.82, 2.24) is 4.72 Å². The Balaban J connectivity index is 2.14. The van der Waals surface area contributed by atoms with Gasteiger partial charge in [0.25, 0.3) is 0 Å². The molecule has 0 saturated heterocycles. The summed E-state index contributed by atoms with van der Waals surface area (Å²) < 4.78 is 40.9. The van der Waals surface area contributed by atoms with Crippen LogP contribution in [-0.2, 0) is 10.0 Å². The van der Waals surface area contributed by atoms with Gasteiger partial charge in [-0.25, -0.2) is 17.5 Å². The minimum absolute atomic E-state index is 0.236. The van der Waals surface area contributed by atoms with Crippen molar-refractivity contribution in [3.8, 4) is 0 Å². The third-order valence-electron chi connectivity index (χ3n) is 3.90. The van der Waals surface area contributed by atoms with Gasteiger partial charge in [-0.2, -0.15) is 0 Å². The molecule has 4 nitrogen and oxygen atoms in total. The molecular formula is C14H21FN2O2S. The lowest BCUT2D eigenvalue weighted by molar-refractivity contribution is 0.495. The molecule has 3 N–H and O–H groups in total. The molecule has 0 aliphatic heterocycles. The number of nitrogen functional groups attached to an aromatic ring is 1. The zero-order valence-electron chi connectivity index (χ0n) is 11.8. The molecule has 1 aliphatic carbocycles. The van der Waals surface area contributed by atoms with Crippen LogP contribution in [0.25, 0.3) is 0 Å². The molecule has 2 rings (SSSR count). The highest BCUT2D eigenvalue weighted by Crippen LogP contribution is 2.30. The fourth-order valence-electron chi connectivity index (χ4n) is 2.78. The van der Waals surface area contributed by atoms with Crippen LogP contribution in [0.3, 0.4) is 0 Å². The van der Waals surface area contributed by atoms with Crippen LogP contribution in [0.1, 0.15) is 31.7 Å². The Morgan fingerprint density at radius 3 is 2.70 bits per heavy atom. The lowest BCUT2D eigenvalue weighted by Gasteiger charge is -2.13. The zero-order chi connectivity index (χ0) is 14.9. The number of halogens is 1. The van der Waals surface area contributed by atoms with E-state index in [9.17, 15) is 12.8 Å². The minimum atomic E-state index is -3.85. The molecule has 20 heavy (non-hydrogen) atoms. The van der Waals surface area contributed by atoms with E-state index in [2.05, 4.69) is 11.6 Å². The van der Waals surface area contributed by atoms with E-state index in [0.29, 0.717) is 18.4 Å². The van der Waals surface area contributed by atoms with E-state index >= 15 is 0 Å². The summed E-state index contributed by atoms with van der Waals surface area (Å²) in [5, 5.41) is 0. The van der Waals surface area contributed by atoms with Crippen LogP contribution in [-0.4, -0.2) is 15.0 Å². The number of aryl methyl sites for hydroxylation is 1. The summed E-state index contributed by atoms with van der Waals surface area (Å²) in [7, 11) is -3.85. The Kier molecular flexibility index (Phi) is 4.34. The first-order chi connectivity index (χ1) is 9.29. The first-order valence-corrected chi connectivity index (χ1v) is 8.33. The van der Waals surface area contributed by atoms with Crippen molar-refractivity contribution in [3.63, 3.8) is 0 Å². The first kappa shape index (κ1) is 15.3. The Morgan fingerprint density at radius 2 is 2.10 bits per heavy atom. The number of sulfonamides is 1. The lowest BCUT2D eigenvalue weighted by Crippen LogP contribution is -2.29. The Bertz CT molecular complexity index is 601. The summed E-state index contributed by atoms with van der Waals surface area (Å²) >= 11 is 0. The van der Waals surface area contributed by atoms with Gasteiger partial charge in [-0.05, 0) is 49.3 Å². The molecule has 0 amide bonds. The molecule has 6 heteroatoms. The van der Waals surface area contributed by atoms with E-state index in [0.717, 1.165) is 19.3 Å². The molecule has 0 heterocycles. The van der Waals surface area contributed by atoms with Crippen molar-refractivity contribution in [1.29, 1.82) is 0 Å². The second-order valence-corrected chi connectivity index (χ2v) is 7.52. The first-order valence-electron chi connectivity index (χ1n) is 6.85. The largest absolute Gasteiger partial charge is 0.399 e. The molecular weight excluding hydrogens is 279 g/mol. The fourth-order valence-corrected chi connectivity index (χ4v) is 4.07. The van der Waals surface area contributed by atoms with Gasteiger partial charge in [-0.1, -0.05) is 13.3 Å². The Hall–Kier alpha value is -1.14. The van der Waals surface area contributed by atoms with E-state index in [4.69, 9.17) is 5.73 Å². The van der Waals surface area contributed by atoms with Crippen molar-refractivity contribution in [2.45, 2.75) is 38.0 Å². The second kappa shape index (κ2) is 5.69. The van der Waals surface area contributed by atoms with E-state index < -0.39 is 15.8 Å². The van der Waals surface area contributed by atoms with Gasteiger partial charge in [-0.15, -0.1) is 0 Å². The second-order valence-electron chi connectivity index (χ2n) is 5.79. The molecule has 2 unspecified atom stereocenters. The van der Waals surface area contributed by atoms with Crippen LogP contribution in [0.2, 0.25) is 0 Å². The molecule has 112 valence electrons. The Labute approximate surface area is 119 Å². The molecule has 1 aromatic rings.